The molecule has 20 heavy (non-hydrogen) atoms. The van der Waals surface area contributed by atoms with Crippen molar-refractivity contribution in [3.63, 3.8) is 0 Å². The second kappa shape index (κ2) is 5.61. The Kier molecular flexibility index (Phi) is 4.06. The van der Waals surface area contributed by atoms with E-state index in [2.05, 4.69) is 36.2 Å². The first-order chi connectivity index (χ1) is 9.43. The number of anilines is 1. The molecule has 0 amide bonds. The summed E-state index contributed by atoms with van der Waals surface area (Å²) in [6.45, 7) is 11.3. The van der Waals surface area contributed by atoms with E-state index in [1.807, 2.05) is 27.1 Å². The first kappa shape index (κ1) is 14.5. The number of rotatable bonds is 4. The van der Waals surface area contributed by atoms with E-state index in [-0.39, 0.29) is 0 Å². The van der Waals surface area contributed by atoms with E-state index in [4.69, 9.17) is 4.98 Å². The van der Waals surface area contributed by atoms with E-state index in [1.54, 1.807) is 4.68 Å². The molecule has 108 valence electrons. The van der Waals surface area contributed by atoms with Gasteiger partial charge in [-0.05, 0) is 26.7 Å². The SMILES string of the molecule is CCNc1nc(-c2cn(C)nc2C)nc(C)c1C(C)C. The molecule has 2 rings (SSSR count). The number of hydrogen-bond donors (Lipinski definition) is 1. The maximum atomic E-state index is 4.71. The van der Waals surface area contributed by atoms with Crippen LogP contribution in [0.1, 0.15) is 43.6 Å². The number of nitrogens with one attached hydrogen (secondary N) is 1. The van der Waals surface area contributed by atoms with E-state index >= 15 is 0 Å². The van der Waals surface area contributed by atoms with Crippen LogP contribution in [0.15, 0.2) is 6.20 Å². The highest BCUT2D eigenvalue weighted by Crippen LogP contribution is 2.28. The lowest BCUT2D eigenvalue weighted by Crippen LogP contribution is -2.09. The molecule has 2 heterocycles. The highest BCUT2D eigenvalue weighted by atomic mass is 15.3. The van der Waals surface area contributed by atoms with Gasteiger partial charge >= 0.3 is 0 Å². The summed E-state index contributed by atoms with van der Waals surface area (Å²) in [6.07, 6.45) is 1.97. The van der Waals surface area contributed by atoms with Crippen LogP contribution in [0.25, 0.3) is 11.4 Å². The number of hydrogen-bond acceptors (Lipinski definition) is 4. The minimum absolute atomic E-state index is 0.396. The second-order valence-electron chi connectivity index (χ2n) is 5.38. The van der Waals surface area contributed by atoms with Crippen LogP contribution in [0.3, 0.4) is 0 Å². The highest BCUT2D eigenvalue weighted by Gasteiger charge is 2.17. The fraction of sp³-hybridized carbons (Fsp3) is 0.533. The van der Waals surface area contributed by atoms with Crippen molar-refractivity contribution < 1.29 is 0 Å². The number of aryl methyl sites for hydroxylation is 3. The van der Waals surface area contributed by atoms with Gasteiger partial charge in [0, 0.05) is 31.0 Å². The lowest BCUT2D eigenvalue weighted by molar-refractivity contribution is 0.756. The quantitative estimate of drug-likeness (QED) is 0.930. The van der Waals surface area contributed by atoms with Crippen LogP contribution in [0, 0.1) is 13.8 Å². The van der Waals surface area contributed by atoms with Gasteiger partial charge in [0.05, 0.1) is 11.3 Å². The van der Waals surface area contributed by atoms with Crippen LogP contribution < -0.4 is 5.32 Å². The van der Waals surface area contributed by atoms with Crippen molar-refractivity contribution in [2.75, 3.05) is 11.9 Å². The van der Waals surface area contributed by atoms with Crippen LogP contribution in [0.4, 0.5) is 5.82 Å². The molecule has 5 heteroatoms. The molecular weight excluding hydrogens is 250 g/mol. The number of aromatic nitrogens is 4. The van der Waals surface area contributed by atoms with Crippen molar-refractivity contribution in [1.82, 2.24) is 19.7 Å². The van der Waals surface area contributed by atoms with Crippen molar-refractivity contribution in [2.45, 2.75) is 40.5 Å². The summed E-state index contributed by atoms with van der Waals surface area (Å²) in [6, 6.07) is 0. The standard InChI is InChI=1S/C15H23N5/c1-7-16-15-13(9(2)3)11(5)17-14(18-15)12-8-20(6)19-10(12)4/h8-9H,7H2,1-6H3,(H,16,17,18). The molecule has 0 spiro atoms. The van der Waals surface area contributed by atoms with Crippen molar-refractivity contribution in [2.24, 2.45) is 7.05 Å². The van der Waals surface area contributed by atoms with Gasteiger partial charge < -0.3 is 5.32 Å². The van der Waals surface area contributed by atoms with E-state index in [1.165, 1.54) is 5.56 Å². The Hall–Kier alpha value is -1.91. The summed E-state index contributed by atoms with van der Waals surface area (Å²) in [5.41, 5.74) is 4.16. The van der Waals surface area contributed by atoms with E-state index in [0.717, 1.165) is 35.1 Å². The fourth-order valence-corrected chi connectivity index (χ4v) is 2.51. The molecule has 0 saturated carbocycles. The molecule has 0 saturated heterocycles. The summed E-state index contributed by atoms with van der Waals surface area (Å²) >= 11 is 0. The molecular formula is C15H23N5. The molecule has 0 radical (unpaired) electrons. The zero-order valence-electron chi connectivity index (χ0n) is 13.2. The summed E-state index contributed by atoms with van der Waals surface area (Å²) in [5.74, 6) is 2.08. The minimum Gasteiger partial charge on any atom is -0.370 e. The zero-order valence-corrected chi connectivity index (χ0v) is 13.2. The van der Waals surface area contributed by atoms with E-state index in [9.17, 15) is 0 Å². The summed E-state index contributed by atoms with van der Waals surface area (Å²) < 4.78 is 1.80. The average molecular weight is 273 g/mol. The molecule has 1 N–H and O–H groups in total. The zero-order chi connectivity index (χ0) is 14.9. The lowest BCUT2D eigenvalue weighted by atomic mass is 10.0. The molecule has 0 aliphatic rings. The Labute approximate surface area is 120 Å². The predicted octanol–water partition coefficient (Wildman–Crippen LogP) is 3.05. The van der Waals surface area contributed by atoms with Crippen LogP contribution in [-0.4, -0.2) is 26.3 Å². The van der Waals surface area contributed by atoms with Crippen LogP contribution in [0.2, 0.25) is 0 Å². The maximum Gasteiger partial charge on any atom is 0.165 e. The summed E-state index contributed by atoms with van der Waals surface area (Å²) in [7, 11) is 1.91. The van der Waals surface area contributed by atoms with Crippen LogP contribution in [-0.2, 0) is 7.05 Å². The third-order valence-corrected chi connectivity index (χ3v) is 3.31. The third-order valence-electron chi connectivity index (χ3n) is 3.31. The van der Waals surface area contributed by atoms with Crippen molar-refractivity contribution in [3.8, 4) is 11.4 Å². The molecule has 0 aliphatic heterocycles. The van der Waals surface area contributed by atoms with Gasteiger partial charge in [-0.2, -0.15) is 5.10 Å². The van der Waals surface area contributed by atoms with Gasteiger partial charge in [-0.15, -0.1) is 0 Å². The Bertz CT molecular complexity index is 613. The summed E-state index contributed by atoms with van der Waals surface area (Å²) in [4.78, 5) is 9.39. The van der Waals surface area contributed by atoms with Crippen molar-refractivity contribution in [1.29, 1.82) is 0 Å². The molecule has 0 bridgehead atoms. The molecule has 0 unspecified atom stereocenters. The second-order valence-corrected chi connectivity index (χ2v) is 5.38. The normalized spacial score (nSPS) is 11.2. The molecule has 2 aromatic heterocycles. The Morgan fingerprint density at radius 1 is 1.20 bits per heavy atom. The van der Waals surface area contributed by atoms with Crippen LogP contribution >= 0.6 is 0 Å². The van der Waals surface area contributed by atoms with E-state index in [0.29, 0.717) is 5.92 Å². The first-order valence-corrected chi connectivity index (χ1v) is 7.07. The van der Waals surface area contributed by atoms with Gasteiger partial charge in [0.15, 0.2) is 5.82 Å². The molecule has 0 aliphatic carbocycles. The minimum atomic E-state index is 0.396. The third kappa shape index (κ3) is 2.66. The maximum absolute atomic E-state index is 4.71. The number of nitrogens with zero attached hydrogens (tertiary/aromatic N) is 4. The molecule has 0 fully saturated rings. The monoisotopic (exact) mass is 273 g/mol. The molecule has 5 nitrogen and oxygen atoms in total. The van der Waals surface area contributed by atoms with Gasteiger partial charge in [-0.3, -0.25) is 4.68 Å². The largest absolute Gasteiger partial charge is 0.370 e. The Morgan fingerprint density at radius 3 is 2.40 bits per heavy atom. The van der Waals surface area contributed by atoms with Gasteiger partial charge in [0.25, 0.3) is 0 Å². The molecule has 0 atom stereocenters. The van der Waals surface area contributed by atoms with Crippen molar-refractivity contribution in [3.05, 3.63) is 23.1 Å². The van der Waals surface area contributed by atoms with Gasteiger partial charge in [-0.25, -0.2) is 9.97 Å². The molecule has 2 aromatic rings. The molecule has 0 aromatic carbocycles. The Morgan fingerprint density at radius 2 is 1.90 bits per heavy atom. The van der Waals surface area contributed by atoms with Crippen LogP contribution in [0.5, 0.6) is 0 Å². The predicted molar refractivity (Wildman–Crippen MR) is 82.0 cm³/mol. The first-order valence-electron chi connectivity index (χ1n) is 7.07. The summed E-state index contributed by atoms with van der Waals surface area (Å²) in [5, 5.41) is 7.72. The van der Waals surface area contributed by atoms with Gasteiger partial charge in [0.1, 0.15) is 5.82 Å². The average Bonchev–Trinajstić information content (AvgIpc) is 2.67. The van der Waals surface area contributed by atoms with E-state index < -0.39 is 0 Å². The van der Waals surface area contributed by atoms with Gasteiger partial charge in [-0.1, -0.05) is 13.8 Å². The smallest absolute Gasteiger partial charge is 0.165 e. The Balaban J connectivity index is 2.59. The van der Waals surface area contributed by atoms with Gasteiger partial charge in [0.2, 0.25) is 0 Å². The highest BCUT2D eigenvalue weighted by molar-refractivity contribution is 5.61. The fourth-order valence-electron chi connectivity index (χ4n) is 2.51. The topological polar surface area (TPSA) is 55.6 Å². The lowest BCUT2D eigenvalue weighted by Gasteiger charge is -2.16. The van der Waals surface area contributed by atoms with Crippen molar-refractivity contribution >= 4 is 5.82 Å².